The number of pyridine rings is 1. The van der Waals surface area contributed by atoms with Crippen LogP contribution < -0.4 is 10.1 Å². The average molecular weight is 526 g/mol. The summed E-state index contributed by atoms with van der Waals surface area (Å²) in [5.74, 6) is 2.22. The molecule has 3 aromatic rings. The molecule has 1 aromatic carbocycles. The summed E-state index contributed by atoms with van der Waals surface area (Å²) in [4.78, 5) is 20.1. The first-order valence-electron chi connectivity index (χ1n) is 13.2. The van der Waals surface area contributed by atoms with E-state index in [1.807, 2.05) is 32.0 Å². The van der Waals surface area contributed by atoms with Gasteiger partial charge in [-0.15, -0.1) is 10.2 Å². The number of carbonyl (C=O) groups excluding carboxylic acids is 1. The lowest BCUT2D eigenvalue weighted by molar-refractivity contribution is 0.0185. The van der Waals surface area contributed by atoms with Crippen molar-refractivity contribution in [3.8, 4) is 16.9 Å². The van der Waals surface area contributed by atoms with E-state index in [0.717, 1.165) is 42.6 Å². The Morgan fingerprint density at radius 3 is 2.73 bits per heavy atom. The Labute approximate surface area is 223 Å². The summed E-state index contributed by atoms with van der Waals surface area (Å²) >= 11 is 6.50. The molecule has 1 aliphatic rings. The molecule has 8 nitrogen and oxygen atoms in total. The average Bonchev–Trinajstić information content (AvgIpc) is 3.60. The zero-order chi connectivity index (χ0) is 26.3. The number of nitrogens with one attached hydrogen (secondary N) is 2. The molecule has 1 fully saturated rings. The molecular formula is C28H36ClN5O3. The number of hydrogen-bond donors (Lipinski definition) is 3. The number of rotatable bonds is 12. The van der Waals surface area contributed by atoms with Gasteiger partial charge in [0, 0.05) is 23.2 Å². The maximum absolute atomic E-state index is 12.7. The lowest BCUT2D eigenvalue weighted by atomic mass is 9.92. The number of aromatic nitrogens is 4. The van der Waals surface area contributed by atoms with Crippen LogP contribution in [-0.2, 0) is 6.42 Å². The van der Waals surface area contributed by atoms with Crippen LogP contribution in [0.3, 0.4) is 0 Å². The largest absolute Gasteiger partial charge is 0.494 e. The molecule has 37 heavy (non-hydrogen) atoms. The summed E-state index contributed by atoms with van der Waals surface area (Å²) in [5.41, 5.74) is 0.941. The van der Waals surface area contributed by atoms with Crippen LogP contribution in [0.1, 0.15) is 81.7 Å². The van der Waals surface area contributed by atoms with Gasteiger partial charge in [0.2, 0.25) is 5.82 Å². The molecule has 0 saturated heterocycles. The fourth-order valence-electron chi connectivity index (χ4n) is 4.83. The zero-order valence-electron chi connectivity index (χ0n) is 21.6. The van der Waals surface area contributed by atoms with Gasteiger partial charge in [-0.1, -0.05) is 51.1 Å². The van der Waals surface area contributed by atoms with Crippen molar-refractivity contribution in [2.45, 2.75) is 77.2 Å². The van der Waals surface area contributed by atoms with Crippen molar-refractivity contribution in [3.63, 3.8) is 0 Å². The van der Waals surface area contributed by atoms with Gasteiger partial charge >= 0.3 is 0 Å². The fraction of sp³-hybridized carbons (Fsp3) is 0.500. The van der Waals surface area contributed by atoms with Crippen molar-refractivity contribution in [1.82, 2.24) is 20.2 Å². The van der Waals surface area contributed by atoms with Crippen LogP contribution in [-0.4, -0.2) is 43.4 Å². The van der Waals surface area contributed by atoms with E-state index in [4.69, 9.17) is 16.3 Å². The van der Waals surface area contributed by atoms with Gasteiger partial charge in [-0.2, -0.15) is 0 Å². The first kappa shape index (κ1) is 27.1. The van der Waals surface area contributed by atoms with Crippen molar-refractivity contribution in [3.05, 3.63) is 53.2 Å². The van der Waals surface area contributed by atoms with E-state index < -0.39 is 11.5 Å². The molecule has 2 aromatic heterocycles. The highest BCUT2D eigenvalue weighted by atomic mass is 35.5. The van der Waals surface area contributed by atoms with E-state index in [-0.39, 0.29) is 5.82 Å². The van der Waals surface area contributed by atoms with Gasteiger partial charge in [0.1, 0.15) is 17.4 Å². The second-order valence-corrected chi connectivity index (χ2v) is 10.3. The normalized spacial score (nSPS) is 14.2. The lowest BCUT2D eigenvalue weighted by Crippen LogP contribution is -2.26. The molecule has 0 unspecified atom stereocenters. The predicted octanol–water partition coefficient (Wildman–Crippen LogP) is 6.22. The number of amides is 1. The third kappa shape index (κ3) is 7.29. The summed E-state index contributed by atoms with van der Waals surface area (Å²) in [7, 11) is 0. The number of carbonyl (C=O) groups is 1. The Morgan fingerprint density at radius 2 is 1.97 bits per heavy atom. The predicted molar refractivity (Wildman–Crippen MR) is 145 cm³/mol. The summed E-state index contributed by atoms with van der Waals surface area (Å²) in [6.45, 7) is 4.50. The Balaban J connectivity index is 1.38. The van der Waals surface area contributed by atoms with Crippen molar-refractivity contribution in [2.24, 2.45) is 5.92 Å². The molecule has 198 valence electrons. The van der Waals surface area contributed by atoms with Crippen molar-refractivity contribution >= 4 is 23.3 Å². The van der Waals surface area contributed by atoms with E-state index in [0.29, 0.717) is 35.5 Å². The van der Waals surface area contributed by atoms with Gasteiger partial charge in [-0.3, -0.25) is 4.79 Å². The molecule has 3 N–H and O–H groups in total. The maximum atomic E-state index is 12.7. The SMILES string of the molecule is CCC(O)(CC)CCCOc1ccc(Cl)c(-c2ccnc(NC(=O)c3nnc(CC4CCCC4)[nH]3)c2)c1. The van der Waals surface area contributed by atoms with Gasteiger partial charge in [0.05, 0.1) is 12.2 Å². The van der Waals surface area contributed by atoms with Crippen LogP contribution in [0.2, 0.25) is 5.02 Å². The maximum Gasteiger partial charge on any atom is 0.294 e. The molecule has 0 aliphatic heterocycles. The third-order valence-corrected chi connectivity index (χ3v) is 7.66. The van der Waals surface area contributed by atoms with E-state index in [1.54, 1.807) is 18.3 Å². The van der Waals surface area contributed by atoms with Crippen LogP contribution in [0.4, 0.5) is 5.82 Å². The van der Waals surface area contributed by atoms with Crippen molar-refractivity contribution < 1.29 is 14.6 Å². The molecule has 2 heterocycles. The number of aromatic amines is 1. The highest BCUT2D eigenvalue weighted by Gasteiger charge is 2.21. The topological polar surface area (TPSA) is 113 Å². The Kier molecular flexibility index (Phi) is 9.16. The number of aliphatic hydroxyl groups is 1. The molecule has 0 spiro atoms. The Bertz CT molecular complexity index is 1190. The van der Waals surface area contributed by atoms with Crippen molar-refractivity contribution in [2.75, 3.05) is 11.9 Å². The number of nitrogens with zero attached hydrogens (tertiary/aromatic N) is 3. The number of H-pyrrole nitrogens is 1. The van der Waals surface area contributed by atoms with E-state index >= 15 is 0 Å². The number of hydrogen-bond acceptors (Lipinski definition) is 6. The summed E-state index contributed by atoms with van der Waals surface area (Å²) in [6, 6.07) is 9.09. The monoisotopic (exact) mass is 525 g/mol. The number of halogens is 1. The van der Waals surface area contributed by atoms with Gasteiger partial charge in [0.15, 0.2) is 0 Å². The summed E-state index contributed by atoms with van der Waals surface area (Å²) in [5, 5.41) is 22.0. The molecule has 9 heteroatoms. The fourth-order valence-corrected chi connectivity index (χ4v) is 5.06. The van der Waals surface area contributed by atoms with E-state index in [2.05, 4.69) is 25.5 Å². The minimum Gasteiger partial charge on any atom is -0.494 e. The molecule has 0 radical (unpaired) electrons. The number of ether oxygens (including phenoxy) is 1. The Hall–Kier alpha value is -2.97. The molecule has 1 aliphatic carbocycles. The molecule has 1 saturated carbocycles. The first-order valence-corrected chi connectivity index (χ1v) is 13.6. The molecule has 1 amide bonds. The number of anilines is 1. The van der Waals surface area contributed by atoms with Crippen LogP contribution in [0.15, 0.2) is 36.5 Å². The molecule has 0 atom stereocenters. The van der Waals surface area contributed by atoms with E-state index in [9.17, 15) is 9.90 Å². The highest BCUT2D eigenvalue weighted by Crippen LogP contribution is 2.33. The van der Waals surface area contributed by atoms with Gasteiger partial charge in [0.25, 0.3) is 5.91 Å². The standard InChI is InChI=1S/C28H36ClN5O3/c1-3-28(36,4-2)13-7-15-37-21-10-11-23(29)22(18-21)20-12-14-30-24(17-20)32-27(35)26-31-25(33-34-26)16-19-8-5-6-9-19/h10-12,14,17-19,36H,3-9,13,15-16H2,1-2H3,(H,30,32,35)(H,31,33,34). The third-order valence-electron chi connectivity index (χ3n) is 7.33. The van der Waals surface area contributed by atoms with Crippen LogP contribution in [0.5, 0.6) is 5.75 Å². The highest BCUT2D eigenvalue weighted by molar-refractivity contribution is 6.33. The zero-order valence-corrected chi connectivity index (χ0v) is 22.4. The van der Waals surface area contributed by atoms with Crippen molar-refractivity contribution in [1.29, 1.82) is 0 Å². The van der Waals surface area contributed by atoms with Crippen LogP contribution in [0, 0.1) is 5.92 Å². The smallest absolute Gasteiger partial charge is 0.294 e. The Morgan fingerprint density at radius 1 is 1.19 bits per heavy atom. The van der Waals surface area contributed by atoms with E-state index in [1.165, 1.54) is 25.7 Å². The van der Waals surface area contributed by atoms with Gasteiger partial charge < -0.3 is 20.1 Å². The molecular weight excluding hydrogens is 490 g/mol. The lowest BCUT2D eigenvalue weighted by Gasteiger charge is -2.24. The first-order chi connectivity index (χ1) is 17.9. The quantitative estimate of drug-likeness (QED) is 0.242. The molecule has 4 rings (SSSR count). The van der Waals surface area contributed by atoms with Gasteiger partial charge in [-0.05, 0) is 67.5 Å². The van der Waals surface area contributed by atoms with Crippen LogP contribution in [0.25, 0.3) is 11.1 Å². The van der Waals surface area contributed by atoms with Gasteiger partial charge in [-0.25, -0.2) is 4.98 Å². The summed E-state index contributed by atoms with van der Waals surface area (Å²) in [6.07, 6.45) is 10.3. The second-order valence-electron chi connectivity index (χ2n) is 9.88. The molecule has 0 bridgehead atoms. The van der Waals surface area contributed by atoms with Crippen LogP contribution >= 0.6 is 11.6 Å². The minimum absolute atomic E-state index is 0.173. The minimum atomic E-state index is -0.629. The summed E-state index contributed by atoms with van der Waals surface area (Å²) < 4.78 is 5.94. The second kappa shape index (κ2) is 12.5. The number of benzene rings is 1.